The predicted octanol–water partition coefficient (Wildman–Crippen LogP) is 2.14. The van der Waals surface area contributed by atoms with Gasteiger partial charge < -0.3 is 19.7 Å². The van der Waals surface area contributed by atoms with E-state index in [4.69, 9.17) is 9.47 Å². The summed E-state index contributed by atoms with van der Waals surface area (Å²) >= 11 is 0. The molecule has 0 aliphatic carbocycles. The molecule has 0 radical (unpaired) electrons. The molecule has 4 heteroatoms. The Morgan fingerprint density at radius 3 is 2.30 bits per heavy atom. The largest absolute Gasteiger partial charge is 0.491 e. The lowest BCUT2D eigenvalue weighted by atomic mass is 10.2. The monoisotopic (exact) mass is 280 g/mol. The minimum Gasteiger partial charge on any atom is -0.491 e. The molecule has 0 spiro atoms. The number of nitrogens with zero attached hydrogens (tertiary/aromatic N) is 1. The van der Waals surface area contributed by atoms with Crippen LogP contribution in [0.1, 0.15) is 19.4 Å². The normalized spacial score (nSPS) is 11.0. The third kappa shape index (κ3) is 6.89. The van der Waals surface area contributed by atoms with Gasteiger partial charge in [0.25, 0.3) is 0 Å². The lowest BCUT2D eigenvalue weighted by Gasteiger charge is -2.17. The first kappa shape index (κ1) is 17.0. The average molecular weight is 280 g/mol. The molecule has 114 valence electrons. The first-order valence-corrected chi connectivity index (χ1v) is 7.46. The van der Waals surface area contributed by atoms with Crippen LogP contribution < -0.4 is 10.1 Å². The molecule has 0 heterocycles. The van der Waals surface area contributed by atoms with Crippen molar-refractivity contribution >= 4 is 0 Å². The second-order valence-corrected chi connectivity index (χ2v) is 4.66. The molecule has 1 aromatic rings. The highest BCUT2D eigenvalue weighted by Gasteiger charge is 1.99. The molecule has 1 aromatic carbocycles. The number of nitrogens with one attached hydrogen (secondary N) is 1. The molecule has 0 unspecified atom stereocenters. The zero-order chi connectivity index (χ0) is 14.6. The Labute approximate surface area is 123 Å². The van der Waals surface area contributed by atoms with Crippen molar-refractivity contribution in [2.24, 2.45) is 0 Å². The summed E-state index contributed by atoms with van der Waals surface area (Å²) in [4.78, 5) is 2.35. The van der Waals surface area contributed by atoms with Gasteiger partial charge in [-0.25, -0.2) is 0 Å². The van der Waals surface area contributed by atoms with E-state index >= 15 is 0 Å². The van der Waals surface area contributed by atoms with Gasteiger partial charge in [0.2, 0.25) is 0 Å². The molecule has 4 nitrogen and oxygen atoms in total. The minimum absolute atomic E-state index is 0.601. The van der Waals surface area contributed by atoms with Crippen LogP contribution in [0, 0.1) is 0 Å². The van der Waals surface area contributed by atoms with E-state index in [0.29, 0.717) is 13.2 Å². The maximum absolute atomic E-state index is 5.64. The molecular weight excluding hydrogens is 252 g/mol. The van der Waals surface area contributed by atoms with E-state index in [-0.39, 0.29) is 0 Å². The summed E-state index contributed by atoms with van der Waals surface area (Å²) in [5.41, 5.74) is 1.26. The zero-order valence-electron chi connectivity index (χ0n) is 13.0. The Morgan fingerprint density at radius 1 is 1.00 bits per heavy atom. The van der Waals surface area contributed by atoms with E-state index in [1.807, 2.05) is 19.2 Å². The highest BCUT2D eigenvalue weighted by Crippen LogP contribution is 2.11. The molecule has 0 aromatic heterocycles. The first-order chi connectivity index (χ1) is 9.80. The van der Waals surface area contributed by atoms with Crippen LogP contribution in [0.15, 0.2) is 24.3 Å². The Kier molecular flexibility index (Phi) is 9.04. The summed E-state index contributed by atoms with van der Waals surface area (Å²) in [6.07, 6.45) is 0. The van der Waals surface area contributed by atoms with E-state index in [1.165, 1.54) is 5.56 Å². The smallest absolute Gasteiger partial charge is 0.119 e. The fraction of sp³-hybridized carbons (Fsp3) is 0.625. The number of rotatable bonds is 11. The number of ether oxygens (including phenoxy) is 2. The SMILES string of the molecule is CCN(CC)CCOCCOc1ccc(CNC)cc1. The molecule has 1 rings (SSSR count). The van der Waals surface area contributed by atoms with Crippen molar-refractivity contribution in [3.8, 4) is 5.75 Å². The third-order valence-electron chi connectivity index (χ3n) is 3.25. The second kappa shape index (κ2) is 10.7. The van der Waals surface area contributed by atoms with Gasteiger partial charge in [-0.05, 0) is 37.8 Å². The molecule has 0 atom stereocenters. The van der Waals surface area contributed by atoms with Gasteiger partial charge in [-0.15, -0.1) is 0 Å². The van der Waals surface area contributed by atoms with Crippen molar-refractivity contribution in [2.45, 2.75) is 20.4 Å². The van der Waals surface area contributed by atoms with Crippen LogP contribution in [0.2, 0.25) is 0 Å². The van der Waals surface area contributed by atoms with Gasteiger partial charge in [-0.2, -0.15) is 0 Å². The fourth-order valence-corrected chi connectivity index (χ4v) is 1.96. The van der Waals surface area contributed by atoms with Gasteiger partial charge in [-0.3, -0.25) is 0 Å². The summed E-state index contributed by atoms with van der Waals surface area (Å²) in [5, 5.41) is 3.12. The van der Waals surface area contributed by atoms with Gasteiger partial charge in [0.1, 0.15) is 12.4 Å². The summed E-state index contributed by atoms with van der Waals surface area (Å²) in [6, 6.07) is 8.16. The second-order valence-electron chi connectivity index (χ2n) is 4.66. The Morgan fingerprint density at radius 2 is 1.70 bits per heavy atom. The molecule has 0 amide bonds. The fourth-order valence-electron chi connectivity index (χ4n) is 1.96. The Hall–Kier alpha value is -1.10. The Bertz CT molecular complexity index is 337. The topological polar surface area (TPSA) is 33.7 Å². The van der Waals surface area contributed by atoms with Crippen LogP contribution >= 0.6 is 0 Å². The number of benzene rings is 1. The van der Waals surface area contributed by atoms with Crippen molar-refractivity contribution in [1.82, 2.24) is 10.2 Å². The number of hydrogen-bond donors (Lipinski definition) is 1. The highest BCUT2D eigenvalue weighted by molar-refractivity contribution is 5.27. The Balaban J connectivity index is 2.09. The van der Waals surface area contributed by atoms with Gasteiger partial charge in [0.05, 0.1) is 13.2 Å². The van der Waals surface area contributed by atoms with Crippen molar-refractivity contribution in [1.29, 1.82) is 0 Å². The van der Waals surface area contributed by atoms with Crippen molar-refractivity contribution in [3.05, 3.63) is 29.8 Å². The first-order valence-electron chi connectivity index (χ1n) is 7.46. The van der Waals surface area contributed by atoms with E-state index in [2.05, 4.69) is 36.2 Å². The minimum atomic E-state index is 0.601. The van der Waals surface area contributed by atoms with Gasteiger partial charge in [0, 0.05) is 13.1 Å². The van der Waals surface area contributed by atoms with E-state index in [0.717, 1.165) is 38.5 Å². The summed E-state index contributed by atoms with van der Waals surface area (Å²) < 4.78 is 11.2. The standard InChI is InChI=1S/C16H28N2O2/c1-4-18(5-2)10-11-19-12-13-20-16-8-6-15(7-9-16)14-17-3/h6-9,17H,4-5,10-14H2,1-3H3. The van der Waals surface area contributed by atoms with Crippen molar-refractivity contribution in [2.75, 3.05) is 46.5 Å². The van der Waals surface area contributed by atoms with E-state index < -0.39 is 0 Å². The van der Waals surface area contributed by atoms with Crippen LogP contribution in [-0.2, 0) is 11.3 Å². The highest BCUT2D eigenvalue weighted by atomic mass is 16.5. The van der Waals surface area contributed by atoms with Gasteiger partial charge >= 0.3 is 0 Å². The van der Waals surface area contributed by atoms with Crippen LogP contribution in [0.3, 0.4) is 0 Å². The van der Waals surface area contributed by atoms with Crippen LogP contribution in [0.4, 0.5) is 0 Å². The maximum atomic E-state index is 5.64. The summed E-state index contributed by atoms with van der Waals surface area (Å²) in [7, 11) is 1.94. The third-order valence-corrected chi connectivity index (χ3v) is 3.25. The van der Waals surface area contributed by atoms with Crippen LogP contribution in [-0.4, -0.2) is 51.4 Å². The molecule has 0 saturated heterocycles. The molecule has 0 saturated carbocycles. The summed E-state index contributed by atoms with van der Waals surface area (Å²) in [5.74, 6) is 0.900. The van der Waals surface area contributed by atoms with Crippen LogP contribution in [0.25, 0.3) is 0 Å². The van der Waals surface area contributed by atoms with Crippen molar-refractivity contribution in [3.63, 3.8) is 0 Å². The quantitative estimate of drug-likeness (QED) is 0.630. The lowest BCUT2D eigenvalue weighted by molar-refractivity contribution is 0.0819. The maximum Gasteiger partial charge on any atom is 0.119 e. The molecule has 0 fully saturated rings. The van der Waals surface area contributed by atoms with Gasteiger partial charge in [0.15, 0.2) is 0 Å². The average Bonchev–Trinajstić information content (AvgIpc) is 2.48. The molecule has 1 N–H and O–H groups in total. The number of likely N-dealkylation sites (N-methyl/N-ethyl adjacent to an activating group) is 1. The molecular formula is C16H28N2O2. The molecule has 20 heavy (non-hydrogen) atoms. The van der Waals surface area contributed by atoms with Crippen molar-refractivity contribution < 1.29 is 9.47 Å². The number of hydrogen-bond acceptors (Lipinski definition) is 4. The predicted molar refractivity (Wildman–Crippen MR) is 83.3 cm³/mol. The summed E-state index contributed by atoms with van der Waals surface area (Å²) in [6.45, 7) is 10.4. The molecule has 0 bridgehead atoms. The lowest BCUT2D eigenvalue weighted by Crippen LogP contribution is -2.27. The van der Waals surface area contributed by atoms with Gasteiger partial charge in [-0.1, -0.05) is 26.0 Å². The van der Waals surface area contributed by atoms with E-state index in [9.17, 15) is 0 Å². The van der Waals surface area contributed by atoms with Crippen LogP contribution in [0.5, 0.6) is 5.75 Å². The molecule has 0 aliphatic heterocycles. The zero-order valence-corrected chi connectivity index (χ0v) is 13.0. The molecule has 0 aliphatic rings. The van der Waals surface area contributed by atoms with E-state index in [1.54, 1.807) is 0 Å².